The summed E-state index contributed by atoms with van der Waals surface area (Å²) in [7, 11) is 1.59. The third-order valence-electron chi connectivity index (χ3n) is 7.28. The molecule has 1 aliphatic rings. The van der Waals surface area contributed by atoms with Crippen LogP contribution < -0.4 is 19.8 Å². The van der Waals surface area contributed by atoms with Crippen molar-refractivity contribution in [3.63, 3.8) is 0 Å². The van der Waals surface area contributed by atoms with Gasteiger partial charge in [0.15, 0.2) is 16.9 Å². The third kappa shape index (κ3) is 4.44. The van der Waals surface area contributed by atoms with Gasteiger partial charge in [0.2, 0.25) is 5.76 Å². The van der Waals surface area contributed by atoms with Crippen molar-refractivity contribution in [1.29, 1.82) is 0 Å². The van der Waals surface area contributed by atoms with E-state index < -0.39 is 6.04 Å². The van der Waals surface area contributed by atoms with Crippen LogP contribution in [-0.2, 0) is 0 Å². The zero-order chi connectivity index (χ0) is 27.0. The van der Waals surface area contributed by atoms with E-state index in [2.05, 4.69) is 6.92 Å². The Morgan fingerprint density at radius 2 is 1.71 bits per heavy atom. The highest BCUT2D eigenvalue weighted by molar-refractivity contribution is 6.10. The number of anilines is 1. The van der Waals surface area contributed by atoms with E-state index in [1.54, 1.807) is 12.0 Å². The molecule has 0 saturated carbocycles. The number of aryl methyl sites for hydroxylation is 3. The molecule has 3 aromatic carbocycles. The van der Waals surface area contributed by atoms with Crippen molar-refractivity contribution in [3.8, 4) is 11.5 Å². The maximum absolute atomic E-state index is 14.0. The Labute approximate surface area is 222 Å². The van der Waals surface area contributed by atoms with E-state index in [0.29, 0.717) is 40.3 Å². The highest BCUT2D eigenvalue weighted by atomic mass is 16.5. The molecule has 1 atom stereocenters. The van der Waals surface area contributed by atoms with Crippen LogP contribution in [0.25, 0.3) is 11.0 Å². The van der Waals surface area contributed by atoms with Gasteiger partial charge >= 0.3 is 0 Å². The van der Waals surface area contributed by atoms with E-state index >= 15 is 0 Å². The number of carbonyl (C=O) groups is 1. The van der Waals surface area contributed by atoms with Gasteiger partial charge in [0.05, 0.1) is 30.7 Å². The Bertz CT molecular complexity index is 1590. The van der Waals surface area contributed by atoms with E-state index in [0.717, 1.165) is 41.5 Å². The van der Waals surface area contributed by atoms with E-state index in [-0.39, 0.29) is 17.1 Å². The average molecular weight is 512 g/mol. The molecule has 5 rings (SSSR count). The monoisotopic (exact) mass is 511 g/mol. The first-order valence-corrected chi connectivity index (χ1v) is 13.1. The fourth-order valence-corrected chi connectivity index (χ4v) is 5.10. The summed E-state index contributed by atoms with van der Waals surface area (Å²) < 4.78 is 17.8. The van der Waals surface area contributed by atoms with Gasteiger partial charge in [-0.3, -0.25) is 14.5 Å². The second kappa shape index (κ2) is 10.4. The second-order valence-corrected chi connectivity index (χ2v) is 9.99. The summed E-state index contributed by atoms with van der Waals surface area (Å²) in [6.45, 7) is 8.65. The first-order valence-electron chi connectivity index (χ1n) is 13.1. The molecular formula is C32H33NO5. The van der Waals surface area contributed by atoms with Crippen LogP contribution in [0.1, 0.15) is 70.6 Å². The molecule has 1 aromatic heterocycles. The number of ether oxygens (including phenoxy) is 2. The van der Waals surface area contributed by atoms with E-state index in [4.69, 9.17) is 13.9 Å². The molecule has 1 aliphatic heterocycles. The number of rotatable bonds is 8. The summed E-state index contributed by atoms with van der Waals surface area (Å²) in [5, 5.41) is 0.471. The smallest absolute Gasteiger partial charge is 0.295 e. The molecule has 38 heavy (non-hydrogen) atoms. The van der Waals surface area contributed by atoms with Gasteiger partial charge in [-0.2, -0.15) is 0 Å². The molecule has 0 spiro atoms. The first-order chi connectivity index (χ1) is 18.3. The van der Waals surface area contributed by atoms with Crippen molar-refractivity contribution in [2.45, 2.75) is 53.0 Å². The van der Waals surface area contributed by atoms with E-state index in [1.165, 1.54) is 0 Å². The van der Waals surface area contributed by atoms with Gasteiger partial charge in [-0.1, -0.05) is 38.0 Å². The lowest BCUT2D eigenvalue weighted by Crippen LogP contribution is -2.29. The minimum absolute atomic E-state index is 0.0797. The van der Waals surface area contributed by atoms with Crippen LogP contribution in [-0.4, -0.2) is 19.6 Å². The van der Waals surface area contributed by atoms with Crippen LogP contribution in [0.4, 0.5) is 5.69 Å². The number of carbonyl (C=O) groups excluding carboxylic acids is 1. The fraction of sp³-hybridized carbons (Fsp3) is 0.312. The van der Waals surface area contributed by atoms with Crippen LogP contribution in [0, 0.1) is 20.8 Å². The van der Waals surface area contributed by atoms with Gasteiger partial charge in [-0.15, -0.1) is 0 Å². The molecule has 0 aliphatic carbocycles. The van der Waals surface area contributed by atoms with Gasteiger partial charge in [0, 0.05) is 5.69 Å². The number of amides is 1. The van der Waals surface area contributed by atoms with Gasteiger partial charge < -0.3 is 13.9 Å². The highest BCUT2D eigenvalue weighted by Crippen LogP contribution is 2.43. The molecule has 6 nitrogen and oxygen atoms in total. The molecule has 1 amide bonds. The maximum atomic E-state index is 14.0. The predicted molar refractivity (Wildman–Crippen MR) is 150 cm³/mol. The summed E-state index contributed by atoms with van der Waals surface area (Å²) >= 11 is 0. The summed E-state index contributed by atoms with van der Waals surface area (Å²) in [5.41, 5.74) is 5.00. The second-order valence-electron chi connectivity index (χ2n) is 9.99. The molecule has 2 heterocycles. The minimum Gasteiger partial charge on any atom is -0.493 e. The molecule has 196 valence electrons. The summed E-state index contributed by atoms with van der Waals surface area (Å²) in [6.07, 6.45) is 3.16. The van der Waals surface area contributed by atoms with Gasteiger partial charge in [-0.25, -0.2) is 0 Å². The maximum Gasteiger partial charge on any atom is 0.295 e. The van der Waals surface area contributed by atoms with E-state index in [9.17, 15) is 9.59 Å². The van der Waals surface area contributed by atoms with Crippen molar-refractivity contribution < 1.29 is 18.7 Å². The largest absolute Gasteiger partial charge is 0.493 e. The topological polar surface area (TPSA) is 69.0 Å². The van der Waals surface area contributed by atoms with Gasteiger partial charge in [0.1, 0.15) is 5.58 Å². The Kier molecular flexibility index (Phi) is 6.98. The van der Waals surface area contributed by atoms with Gasteiger partial charge in [-0.05, 0) is 85.8 Å². The standard InChI is InChI=1S/C32H33NO5/c1-6-7-8-14-37-25-13-12-22(18-27(25)36-5)29-28-30(34)24-16-20(3)21(4)17-26(24)38-31(28)32(35)33(29)23-11-9-10-19(2)15-23/h9-13,15-18,29H,6-8,14H2,1-5H3. The number of unbranched alkanes of at least 4 members (excludes halogenated alkanes) is 2. The van der Waals surface area contributed by atoms with Crippen molar-refractivity contribution in [2.24, 2.45) is 0 Å². The molecule has 0 N–H and O–H groups in total. The average Bonchev–Trinajstić information content (AvgIpc) is 3.20. The fourth-order valence-electron chi connectivity index (χ4n) is 5.10. The third-order valence-corrected chi connectivity index (χ3v) is 7.28. The molecular weight excluding hydrogens is 478 g/mol. The molecule has 0 bridgehead atoms. The quantitative estimate of drug-likeness (QED) is 0.237. The summed E-state index contributed by atoms with van der Waals surface area (Å²) in [5.74, 6) is 0.930. The normalized spacial score (nSPS) is 14.7. The molecule has 0 fully saturated rings. The number of hydrogen-bond donors (Lipinski definition) is 0. The van der Waals surface area contributed by atoms with Crippen molar-refractivity contribution in [2.75, 3.05) is 18.6 Å². The lowest BCUT2D eigenvalue weighted by atomic mass is 9.96. The number of nitrogens with zero attached hydrogens (tertiary/aromatic N) is 1. The van der Waals surface area contributed by atoms with Crippen molar-refractivity contribution >= 4 is 22.6 Å². The molecule has 0 radical (unpaired) electrons. The predicted octanol–water partition coefficient (Wildman–Crippen LogP) is 7.05. The Morgan fingerprint density at radius 1 is 0.921 bits per heavy atom. The van der Waals surface area contributed by atoms with Crippen molar-refractivity contribution in [1.82, 2.24) is 0 Å². The SMILES string of the molecule is CCCCCOc1ccc(C2c3c(oc4cc(C)c(C)cc4c3=O)C(=O)N2c2cccc(C)c2)cc1OC. The van der Waals surface area contributed by atoms with Crippen LogP contribution >= 0.6 is 0 Å². The van der Waals surface area contributed by atoms with Crippen LogP contribution in [0.15, 0.2) is 63.8 Å². The first kappa shape index (κ1) is 25.6. The number of methoxy groups -OCH3 is 1. The molecule has 6 heteroatoms. The van der Waals surface area contributed by atoms with E-state index in [1.807, 2.05) is 75.4 Å². The van der Waals surface area contributed by atoms with Crippen LogP contribution in [0.3, 0.4) is 0 Å². The van der Waals surface area contributed by atoms with Crippen molar-refractivity contribution in [3.05, 3.63) is 98.4 Å². The van der Waals surface area contributed by atoms with Crippen LogP contribution in [0.5, 0.6) is 11.5 Å². The summed E-state index contributed by atoms with van der Waals surface area (Å²) in [4.78, 5) is 29.5. The zero-order valence-electron chi connectivity index (χ0n) is 22.6. The molecule has 0 saturated heterocycles. The number of fused-ring (bicyclic) bond motifs is 2. The minimum atomic E-state index is -0.676. The number of hydrogen-bond acceptors (Lipinski definition) is 5. The lowest BCUT2D eigenvalue weighted by Gasteiger charge is -2.26. The molecule has 1 unspecified atom stereocenters. The van der Waals surface area contributed by atoms with Crippen LogP contribution in [0.2, 0.25) is 0 Å². The Balaban J connectivity index is 1.69. The lowest BCUT2D eigenvalue weighted by molar-refractivity contribution is 0.0971. The Hall–Kier alpha value is -4.06. The summed E-state index contributed by atoms with van der Waals surface area (Å²) in [6, 6.07) is 16.3. The molecule has 4 aromatic rings. The zero-order valence-corrected chi connectivity index (χ0v) is 22.6. The number of benzene rings is 3. The highest BCUT2D eigenvalue weighted by Gasteiger charge is 2.44. The van der Waals surface area contributed by atoms with Gasteiger partial charge in [0.25, 0.3) is 5.91 Å². The Morgan fingerprint density at radius 3 is 2.45 bits per heavy atom.